The molecule has 6 heteroatoms. The van der Waals surface area contributed by atoms with Gasteiger partial charge in [0.15, 0.2) is 6.10 Å². The minimum atomic E-state index is -0.512. The highest BCUT2D eigenvalue weighted by molar-refractivity contribution is 5.99. The van der Waals surface area contributed by atoms with E-state index < -0.39 is 6.10 Å². The minimum Gasteiger partial charge on any atom is -0.479 e. The van der Waals surface area contributed by atoms with Crippen LogP contribution in [0.4, 0.5) is 11.4 Å². The van der Waals surface area contributed by atoms with E-state index in [1.807, 2.05) is 24.4 Å². The number of carbonyl (C=O) groups is 2. The number of rotatable bonds is 5. The maximum atomic E-state index is 12.3. The molecule has 4 rings (SSSR count). The Labute approximate surface area is 156 Å². The SMILES string of the molecule is C[C@@H]1Oc2ccc(NC(=O)CCCc3c[nH]c4ccccc34)cc2NC1=O. The Balaban J connectivity index is 1.33. The number of carbonyl (C=O) groups excluding carboxylic acids is 2. The van der Waals surface area contributed by atoms with E-state index in [0.717, 1.165) is 18.4 Å². The van der Waals surface area contributed by atoms with Crippen LogP contribution >= 0.6 is 0 Å². The van der Waals surface area contributed by atoms with Crippen molar-refractivity contribution in [3.05, 3.63) is 54.2 Å². The molecule has 1 aliphatic heterocycles. The highest BCUT2D eigenvalue weighted by Gasteiger charge is 2.23. The van der Waals surface area contributed by atoms with Crippen LogP contribution in [0.1, 0.15) is 25.3 Å². The summed E-state index contributed by atoms with van der Waals surface area (Å²) in [6.45, 7) is 1.70. The zero-order valence-electron chi connectivity index (χ0n) is 15.0. The van der Waals surface area contributed by atoms with E-state index in [-0.39, 0.29) is 11.8 Å². The van der Waals surface area contributed by atoms with Crippen LogP contribution in [-0.4, -0.2) is 22.9 Å². The predicted molar refractivity (Wildman–Crippen MR) is 105 cm³/mol. The van der Waals surface area contributed by atoms with Crippen LogP contribution in [0.2, 0.25) is 0 Å². The van der Waals surface area contributed by atoms with Crippen molar-refractivity contribution in [2.75, 3.05) is 10.6 Å². The van der Waals surface area contributed by atoms with Crippen molar-refractivity contribution in [2.24, 2.45) is 0 Å². The number of benzene rings is 2. The van der Waals surface area contributed by atoms with Gasteiger partial charge >= 0.3 is 0 Å². The van der Waals surface area contributed by atoms with E-state index in [2.05, 4.69) is 21.7 Å². The number of fused-ring (bicyclic) bond motifs is 2. The third-order valence-electron chi connectivity index (χ3n) is 4.72. The summed E-state index contributed by atoms with van der Waals surface area (Å²) in [6, 6.07) is 13.4. The second kappa shape index (κ2) is 7.15. The smallest absolute Gasteiger partial charge is 0.265 e. The lowest BCUT2D eigenvalue weighted by Gasteiger charge is -2.23. The minimum absolute atomic E-state index is 0.0498. The molecule has 6 nitrogen and oxygen atoms in total. The standard InChI is InChI=1S/C21H21N3O3/c1-13-21(26)24-18-11-15(9-10-19(18)27-13)23-20(25)8-4-5-14-12-22-17-7-3-2-6-16(14)17/h2-3,6-7,9-13,22H,4-5,8H2,1H3,(H,23,25)(H,24,26)/t13-/m0/s1. The van der Waals surface area contributed by atoms with Gasteiger partial charge in [-0.1, -0.05) is 18.2 Å². The van der Waals surface area contributed by atoms with Crippen molar-refractivity contribution in [2.45, 2.75) is 32.3 Å². The number of hydrogen-bond acceptors (Lipinski definition) is 3. The first-order chi connectivity index (χ1) is 13.1. The van der Waals surface area contributed by atoms with Gasteiger partial charge in [-0.15, -0.1) is 0 Å². The van der Waals surface area contributed by atoms with E-state index in [0.29, 0.717) is 23.5 Å². The van der Waals surface area contributed by atoms with Crippen LogP contribution in [0.3, 0.4) is 0 Å². The van der Waals surface area contributed by atoms with Crippen LogP contribution < -0.4 is 15.4 Å². The lowest BCUT2D eigenvalue weighted by Crippen LogP contribution is -2.34. The predicted octanol–water partition coefficient (Wildman–Crippen LogP) is 3.85. The van der Waals surface area contributed by atoms with Crippen LogP contribution in [0.25, 0.3) is 10.9 Å². The van der Waals surface area contributed by atoms with Gasteiger partial charge in [-0.2, -0.15) is 0 Å². The molecule has 2 heterocycles. The molecular weight excluding hydrogens is 342 g/mol. The second-order valence-corrected chi connectivity index (χ2v) is 6.72. The number of H-pyrrole nitrogens is 1. The lowest BCUT2D eigenvalue weighted by molar-refractivity contribution is -0.122. The molecule has 138 valence electrons. The van der Waals surface area contributed by atoms with Gasteiger partial charge < -0.3 is 20.4 Å². The Kier molecular flexibility index (Phi) is 4.54. The monoisotopic (exact) mass is 363 g/mol. The molecule has 1 aromatic heterocycles. The third kappa shape index (κ3) is 3.65. The largest absolute Gasteiger partial charge is 0.479 e. The number of para-hydroxylation sites is 1. The fourth-order valence-electron chi connectivity index (χ4n) is 3.29. The van der Waals surface area contributed by atoms with Crippen molar-refractivity contribution in [3.63, 3.8) is 0 Å². The summed E-state index contributed by atoms with van der Waals surface area (Å²) in [5, 5.41) is 6.87. The third-order valence-corrected chi connectivity index (χ3v) is 4.72. The number of ether oxygens (including phenoxy) is 1. The number of aromatic amines is 1. The molecule has 0 fully saturated rings. The molecule has 1 atom stereocenters. The summed E-state index contributed by atoms with van der Waals surface area (Å²) >= 11 is 0. The van der Waals surface area contributed by atoms with E-state index in [1.54, 1.807) is 25.1 Å². The topological polar surface area (TPSA) is 83.2 Å². The number of hydrogen-bond donors (Lipinski definition) is 3. The van der Waals surface area contributed by atoms with Gasteiger partial charge in [0.25, 0.3) is 5.91 Å². The van der Waals surface area contributed by atoms with E-state index in [4.69, 9.17) is 4.74 Å². The molecule has 0 saturated heterocycles. The van der Waals surface area contributed by atoms with E-state index in [1.165, 1.54) is 10.9 Å². The summed E-state index contributed by atoms with van der Waals surface area (Å²) in [6.07, 6.45) is 3.52. The number of aromatic nitrogens is 1. The highest BCUT2D eigenvalue weighted by atomic mass is 16.5. The quantitative estimate of drug-likeness (QED) is 0.644. The highest BCUT2D eigenvalue weighted by Crippen LogP contribution is 2.32. The summed E-state index contributed by atoms with van der Waals surface area (Å²) in [7, 11) is 0. The van der Waals surface area contributed by atoms with Gasteiger partial charge in [0.2, 0.25) is 5.91 Å². The molecule has 3 aromatic rings. The molecule has 0 spiro atoms. The average Bonchev–Trinajstić information content (AvgIpc) is 3.06. The summed E-state index contributed by atoms with van der Waals surface area (Å²) in [4.78, 5) is 27.2. The summed E-state index contributed by atoms with van der Waals surface area (Å²) in [5.74, 6) is 0.371. The van der Waals surface area contributed by atoms with Gasteiger partial charge in [0.1, 0.15) is 5.75 Å². The Bertz CT molecular complexity index is 1010. The first-order valence-electron chi connectivity index (χ1n) is 9.06. The molecule has 2 aromatic carbocycles. The van der Waals surface area contributed by atoms with E-state index >= 15 is 0 Å². The fourth-order valence-corrected chi connectivity index (χ4v) is 3.29. The van der Waals surface area contributed by atoms with Crippen molar-refractivity contribution < 1.29 is 14.3 Å². The Morgan fingerprint density at radius 2 is 2.07 bits per heavy atom. The maximum Gasteiger partial charge on any atom is 0.265 e. The Morgan fingerprint density at radius 1 is 1.22 bits per heavy atom. The van der Waals surface area contributed by atoms with Crippen LogP contribution in [0.15, 0.2) is 48.7 Å². The fraction of sp³-hybridized carbons (Fsp3) is 0.238. The molecular formula is C21H21N3O3. The Hall–Kier alpha value is -3.28. The van der Waals surface area contributed by atoms with Crippen LogP contribution in [-0.2, 0) is 16.0 Å². The van der Waals surface area contributed by atoms with Crippen molar-refractivity contribution in [3.8, 4) is 5.75 Å². The van der Waals surface area contributed by atoms with Crippen LogP contribution in [0, 0.1) is 0 Å². The molecule has 0 radical (unpaired) electrons. The number of anilines is 2. The first-order valence-corrected chi connectivity index (χ1v) is 9.06. The molecule has 0 unspecified atom stereocenters. The molecule has 3 N–H and O–H groups in total. The van der Waals surface area contributed by atoms with E-state index in [9.17, 15) is 9.59 Å². The number of amides is 2. The first kappa shape index (κ1) is 17.1. The van der Waals surface area contributed by atoms with Gasteiger partial charge in [0, 0.05) is 29.2 Å². The normalized spacial score (nSPS) is 15.7. The molecule has 0 bridgehead atoms. The maximum absolute atomic E-state index is 12.3. The molecule has 2 amide bonds. The van der Waals surface area contributed by atoms with Gasteiger partial charge in [0.05, 0.1) is 5.69 Å². The van der Waals surface area contributed by atoms with Gasteiger partial charge in [-0.3, -0.25) is 9.59 Å². The number of nitrogens with one attached hydrogen (secondary N) is 3. The van der Waals surface area contributed by atoms with Crippen molar-refractivity contribution >= 4 is 34.1 Å². The second-order valence-electron chi connectivity index (χ2n) is 6.72. The van der Waals surface area contributed by atoms with Gasteiger partial charge in [-0.05, 0) is 49.6 Å². The van der Waals surface area contributed by atoms with Crippen molar-refractivity contribution in [1.82, 2.24) is 4.98 Å². The molecule has 27 heavy (non-hydrogen) atoms. The Morgan fingerprint density at radius 3 is 2.96 bits per heavy atom. The molecule has 0 saturated carbocycles. The molecule has 0 aliphatic carbocycles. The van der Waals surface area contributed by atoms with Gasteiger partial charge in [-0.25, -0.2) is 0 Å². The summed E-state index contributed by atoms with van der Waals surface area (Å²) < 4.78 is 5.52. The molecule has 1 aliphatic rings. The zero-order valence-corrected chi connectivity index (χ0v) is 15.0. The lowest BCUT2D eigenvalue weighted by atomic mass is 10.1. The summed E-state index contributed by atoms with van der Waals surface area (Å²) in [5.41, 5.74) is 3.56. The zero-order chi connectivity index (χ0) is 18.8. The number of aryl methyl sites for hydroxylation is 1. The average molecular weight is 363 g/mol. The van der Waals surface area contributed by atoms with Crippen LogP contribution in [0.5, 0.6) is 5.75 Å². The van der Waals surface area contributed by atoms with Crippen molar-refractivity contribution in [1.29, 1.82) is 0 Å².